The van der Waals surface area contributed by atoms with Crippen LogP contribution in [-0.2, 0) is 17.9 Å². The number of nitrogens with one attached hydrogen (secondary N) is 1. The third-order valence-corrected chi connectivity index (χ3v) is 7.39. The van der Waals surface area contributed by atoms with Crippen molar-refractivity contribution < 1.29 is 9.59 Å². The topological polar surface area (TPSA) is 52.7 Å². The highest BCUT2D eigenvalue weighted by Gasteiger charge is 2.24. The molecular formula is C29H37N3O2S. The number of hydrogen-bond donors (Lipinski definition) is 1. The van der Waals surface area contributed by atoms with E-state index < -0.39 is 0 Å². The number of carbonyl (C=O) groups excluding carboxylic acids is 2. The van der Waals surface area contributed by atoms with Gasteiger partial charge in [-0.1, -0.05) is 62.7 Å². The van der Waals surface area contributed by atoms with Gasteiger partial charge in [0.15, 0.2) is 0 Å². The van der Waals surface area contributed by atoms with Crippen molar-refractivity contribution in [1.29, 1.82) is 0 Å². The van der Waals surface area contributed by atoms with Crippen LogP contribution >= 0.6 is 11.3 Å². The van der Waals surface area contributed by atoms with E-state index in [4.69, 9.17) is 0 Å². The predicted molar refractivity (Wildman–Crippen MR) is 146 cm³/mol. The van der Waals surface area contributed by atoms with Crippen LogP contribution in [0.1, 0.15) is 46.7 Å². The first kappa shape index (κ1) is 26.5. The van der Waals surface area contributed by atoms with Crippen LogP contribution in [0.4, 0.5) is 10.5 Å². The van der Waals surface area contributed by atoms with E-state index in [9.17, 15) is 9.59 Å². The van der Waals surface area contributed by atoms with E-state index in [0.717, 1.165) is 33.7 Å². The fourth-order valence-electron chi connectivity index (χ4n) is 3.86. The van der Waals surface area contributed by atoms with Gasteiger partial charge in [0.2, 0.25) is 5.91 Å². The fourth-order valence-corrected chi connectivity index (χ4v) is 4.77. The number of amides is 3. The summed E-state index contributed by atoms with van der Waals surface area (Å²) in [4.78, 5) is 32.9. The molecule has 0 saturated heterocycles. The Labute approximate surface area is 213 Å². The minimum absolute atomic E-state index is 0.0399. The molecule has 6 heteroatoms. The average molecular weight is 492 g/mol. The first-order valence-electron chi connectivity index (χ1n) is 12.3. The number of anilines is 1. The lowest BCUT2D eigenvalue weighted by Gasteiger charge is -2.29. The van der Waals surface area contributed by atoms with E-state index >= 15 is 0 Å². The summed E-state index contributed by atoms with van der Waals surface area (Å²) in [7, 11) is 0. The molecule has 5 nitrogen and oxygen atoms in total. The lowest BCUT2D eigenvalue weighted by Crippen LogP contribution is -2.45. The fraction of sp³-hybridized carbons (Fsp3) is 0.379. The largest absolute Gasteiger partial charge is 0.332 e. The van der Waals surface area contributed by atoms with Gasteiger partial charge in [-0.2, -0.15) is 0 Å². The molecule has 3 amide bonds. The molecular weight excluding hydrogens is 454 g/mol. The van der Waals surface area contributed by atoms with Crippen molar-refractivity contribution in [3.63, 3.8) is 0 Å². The maximum absolute atomic E-state index is 13.6. The van der Waals surface area contributed by atoms with Gasteiger partial charge >= 0.3 is 6.03 Å². The van der Waals surface area contributed by atoms with Gasteiger partial charge in [0.1, 0.15) is 6.54 Å². The Hall–Kier alpha value is -3.12. The number of benzene rings is 2. The molecule has 0 spiro atoms. The molecule has 1 unspecified atom stereocenters. The minimum Gasteiger partial charge on any atom is -0.332 e. The van der Waals surface area contributed by atoms with Gasteiger partial charge < -0.3 is 15.1 Å². The van der Waals surface area contributed by atoms with Gasteiger partial charge in [0.25, 0.3) is 0 Å². The van der Waals surface area contributed by atoms with Crippen LogP contribution in [-0.4, -0.2) is 34.8 Å². The van der Waals surface area contributed by atoms with Crippen molar-refractivity contribution in [1.82, 2.24) is 9.80 Å². The van der Waals surface area contributed by atoms with Crippen molar-refractivity contribution in [3.8, 4) is 0 Å². The third kappa shape index (κ3) is 7.69. The van der Waals surface area contributed by atoms with Crippen LogP contribution in [0.15, 0.2) is 60.7 Å². The van der Waals surface area contributed by atoms with E-state index in [0.29, 0.717) is 19.6 Å². The quantitative estimate of drug-likeness (QED) is 0.340. The van der Waals surface area contributed by atoms with E-state index in [1.807, 2.05) is 67.3 Å². The second kappa shape index (κ2) is 12.5. The summed E-state index contributed by atoms with van der Waals surface area (Å²) in [5.74, 6) is 0.231. The summed E-state index contributed by atoms with van der Waals surface area (Å²) in [6, 6.07) is 19.8. The van der Waals surface area contributed by atoms with Crippen LogP contribution in [0, 0.1) is 26.7 Å². The molecule has 1 atom stereocenters. The molecule has 0 aliphatic carbocycles. The number of hydrogen-bond acceptors (Lipinski definition) is 3. The van der Waals surface area contributed by atoms with Gasteiger partial charge in [0, 0.05) is 28.5 Å². The number of carbonyl (C=O) groups is 2. The zero-order valence-electron chi connectivity index (χ0n) is 21.5. The summed E-state index contributed by atoms with van der Waals surface area (Å²) in [5, 5.41) is 3.05. The molecule has 0 bridgehead atoms. The molecule has 1 heterocycles. The average Bonchev–Trinajstić information content (AvgIpc) is 3.26. The Morgan fingerprint density at radius 2 is 1.66 bits per heavy atom. The molecule has 0 saturated carbocycles. The number of urea groups is 1. The van der Waals surface area contributed by atoms with Crippen LogP contribution in [0.5, 0.6) is 0 Å². The van der Waals surface area contributed by atoms with Crippen molar-refractivity contribution in [2.45, 2.75) is 54.1 Å². The lowest BCUT2D eigenvalue weighted by atomic mass is 10.1. The first-order valence-corrected chi connectivity index (χ1v) is 13.1. The molecule has 0 radical (unpaired) electrons. The molecule has 186 valence electrons. The summed E-state index contributed by atoms with van der Waals surface area (Å²) in [5.41, 5.74) is 4.01. The van der Waals surface area contributed by atoms with E-state index in [1.54, 1.807) is 16.2 Å². The standard InChI is InChI=1S/C29H37N3O2S/c1-6-21(2)17-32(29(34)30-27-14-10-11-22(3)24(27)5)20-28(33)31(18-25-12-8-7-9-13-25)19-26-16-15-23(4)35-26/h7-16,21H,6,17-20H2,1-5H3,(H,30,34). The second-order valence-corrected chi connectivity index (χ2v) is 10.7. The predicted octanol–water partition coefficient (Wildman–Crippen LogP) is 6.78. The van der Waals surface area contributed by atoms with Crippen LogP contribution in [0.25, 0.3) is 0 Å². The normalized spacial score (nSPS) is 11.7. The van der Waals surface area contributed by atoms with Gasteiger partial charge in [-0.25, -0.2) is 4.79 Å². The number of nitrogens with zero attached hydrogens (tertiary/aromatic N) is 2. The van der Waals surface area contributed by atoms with E-state index in [1.165, 1.54) is 4.88 Å². The van der Waals surface area contributed by atoms with Crippen LogP contribution in [0.2, 0.25) is 0 Å². The maximum Gasteiger partial charge on any atom is 0.322 e. The Kier molecular flexibility index (Phi) is 9.49. The second-order valence-electron chi connectivity index (χ2n) is 9.32. The highest BCUT2D eigenvalue weighted by atomic mass is 32.1. The molecule has 3 rings (SSSR count). The number of aryl methyl sites for hydroxylation is 2. The molecule has 0 aliphatic heterocycles. The smallest absolute Gasteiger partial charge is 0.322 e. The highest BCUT2D eigenvalue weighted by molar-refractivity contribution is 7.11. The van der Waals surface area contributed by atoms with Crippen LogP contribution < -0.4 is 5.32 Å². The lowest BCUT2D eigenvalue weighted by molar-refractivity contribution is -0.133. The van der Waals surface area contributed by atoms with E-state index in [-0.39, 0.29) is 24.4 Å². The number of thiophene rings is 1. The van der Waals surface area contributed by atoms with Crippen molar-refractivity contribution in [3.05, 3.63) is 87.1 Å². The van der Waals surface area contributed by atoms with Gasteiger partial charge in [0.05, 0.1) is 6.54 Å². The minimum atomic E-state index is -0.237. The van der Waals surface area contributed by atoms with Crippen molar-refractivity contribution in [2.24, 2.45) is 5.92 Å². The Balaban J connectivity index is 1.80. The molecule has 2 aromatic carbocycles. The van der Waals surface area contributed by atoms with Crippen LogP contribution in [0.3, 0.4) is 0 Å². The summed E-state index contributed by atoms with van der Waals surface area (Å²) >= 11 is 1.70. The molecule has 1 aromatic heterocycles. The summed E-state index contributed by atoms with van der Waals surface area (Å²) in [6.07, 6.45) is 0.934. The summed E-state index contributed by atoms with van der Waals surface area (Å²) < 4.78 is 0. The first-order chi connectivity index (χ1) is 16.8. The third-order valence-electron chi connectivity index (χ3n) is 6.40. The van der Waals surface area contributed by atoms with Gasteiger partial charge in [-0.05, 0) is 61.6 Å². The molecule has 35 heavy (non-hydrogen) atoms. The Morgan fingerprint density at radius 1 is 0.914 bits per heavy atom. The van der Waals surface area contributed by atoms with Crippen molar-refractivity contribution in [2.75, 3.05) is 18.4 Å². The highest BCUT2D eigenvalue weighted by Crippen LogP contribution is 2.21. The number of rotatable bonds is 10. The van der Waals surface area contributed by atoms with Crippen molar-refractivity contribution >= 4 is 29.0 Å². The van der Waals surface area contributed by atoms with Gasteiger partial charge in [-0.3, -0.25) is 4.79 Å². The molecule has 1 N–H and O–H groups in total. The van der Waals surface area contributed by atoms with Gasteiger partial charge in [-0.15, -0.1) is 11.3 Å². The maximum atomic E-state index is 13.6. The molecule has 0 fully saturated rings. The SMILES string of the molecule is CCC(C)CN(CC(=O)N(Cc1ccccc1)Cc1ccc(C)s1)C(=O)Nc1cccc(C)c1C. The monoisotopic (exact) mass is 491 g/mol. The molecule has 0 aliphatic rings. The Morgan fingerprint density at radius 3 is 2.31 bits per heavy atom. The Bertz CT molecular complexity index is 1130. The zero-order valence-corrected chi connectivity index (χ0v) is 22.3. The van der Waals surface area contributed by atoms with E-state index in [2.05, 4.69) is 38.2 Å². The summed E-state index contributed by atoms with van der Waals surface area (Å²) in [6.45, 7) is 11.9. The molecule has 3 aromatic rings. The zero-order chi connectivity index (χ0) is 25.4.